The third-order valence-electron chi connectivity index (χ3n) is 3.41. The number of aromatic nitrogens is 2. The molecule has 0 saturated heterocycles. The van der Waals surface area contributed by atoms with Crippen molar-refractivity contribution in [1.82, 2.24) is 10.2 Å². The van der Waals surface area contributed by atoms with E-state index in [1.807, 2.05) is 12.1 Å². The Morgan fingerprint density at radius 2 is 2.26 bits per heavy atom. The number of rotatable bonds is 5. The maximum absolute atomic E-state index is 12.2. The quantitative estimate of drug-likeness (QED) is 0.666. The molecule has 0 spiro atoms. The van der Waals surface area contributed by atoms with Crippen molar-refractivity contribution < 1.29 is 19.1 Å². The second kappa shape index (κ2) is 6.84. The molecule has 7 nitrogen and oxygen atoms in total. The number of carbonyl (C=O) groups excluding carboxylic acids is 2. The van der Waals surface area contributed by atoms with Crippen molar-refractivity contribution in [3.8, 4) is 5.75 Å². The summed E-state index contributed by atoms with van der Waals surface area (Å²) < 4.78 is 10.1. The predicted octanol–water partition coefficient (Wildman–Crippen LogP) is 2.11. The fraction of sp³-hybridized carbons (Fsp3) is 0.333. The summed E-state index contributed by atoms with van der Waals surface area (Å²) >= 11 is 1.26. The summed E-state index contributed by atoms with van der Waals surface area (Å²) in [7, 11) is 1.57. The summed E-state index contributed by atoms with van der Waals surface area (Å²) in [6.07, 6.45) is 0.376. The zero-order valence-corrected chi connectivity index (χ0v) is 13.3. The van der Waals surface area contributed by atoms with Crippen LogP contribution in [0.2, 0.25) is 0 Å². The van der Waals surface area contributed by atoms with Gasteiger partial charge in [-0.1, -0.05) is 29.5 Å². The van der Waals surface area contributed by atoms with Crippen LogP contribution in [0.5, 0.6) is 5.75 Å². The first-order valence-corrected chi connectivity index (χ1v) is 7.88. The molecule has 23 heavy (non-hydrogen) atoms. The fourth-order valence-corrected chi connectivity index (χ4v) is 3.18. The third kappa shape index (κ3) is 3.72. The number of amides is 1. The molecule has 1 aliphatic rings. The maximum Gasteiger partial charge on any atom is 0.311 e. The average molecular weight is 333 g/mol. The summed E-state index contributed by atoms with van der Waals surface area (Å²) in [5.41, 5.74) is 0.875. The van der Waals surface area contributed by atoms with E-state index in [2.05, 4.69) is 15.5 Å². The third-order valence-corrected chi connectivity index (χ3v) is 4.22. The van der Waals surface area contributed by atoms with E-state index in [1.54, 1.807) is 19.2 Å². The number of carbonyl (C=O) groups is 2. The van der Waals surface area contributed by atoms with E-state index in [-0.39, 0.29) is 30.6 Å². The molecule has 0 aliphatic carbocycles. The number of esters is 1. The highest BCUT2D eigenvalue weighted by Crippen LogP contribution is 2.36. The van der Waals surface area contributed by atoms with Crippen molar-refractivity contribution in [1.29, 1.82) is 0 Å². The van der Waals surface area contributed by atoms with E-state index in [4.69, 9.17) is 9.47 Å². The van der Waals surface area contributed by atoms with Gasteiger partial charge in [0.25, 0.3) is 0 Å². The Morgan fingerprint density at radius 1 is 1.43 bits per heavy atom. The molecule has 2 heterocycles. The number of hydrogen-bond acceptors (Lipinski definition) is 7. The van der Waals surface area contributed by atoms with Gasteiger partial charge >= 0.3 is 5.97 Å². The van der Waals surface area contributed by atoms with Gasteiger partial charge in [0.2, 0.25) is 11.0 Å². The first-order valence-electron chi connectivity index (χ1n) is 7.06. The van der Waals surface area contributed by atoms with Crippen LogP contribution in [-0.2, 0) is 20.9 Å². The van der Waals surface area contributed by atoms with E-state index in [0.29, 0.717) is 22.5 Å². The molecular weight excluding hydrogens is 318 g/mol. The lowest BCUT2D eigenvalue weighted by atomic mass is 9.90. The predicted molar refractivity (Wildman–Crippen MR) is 83.3 cm³/mol. The van der Waals surface area contributed by atoms with Gasteiger partial charge in [-0.15, -0.1) is 10.2 Å². The van der Waals surface area contributed by atoms with Crippen LogP contribution in [0, 0.1) is 0 Å². The molecule has 1 amide bonds. The zero-order chi connectivity index (χ0) is 16.2. The van der Waals surface area contributed by atoms with Crippen molar-refractivity contribution in [3.05, 3.63) is 34.8 Å². The highest BCUT2D eigenvalue weighted by atomic mass is 32.1. The van der Waals surface area contributed by atoms with Gasteiger partial charge in [-0.05, 0) is 11.6 Å². The largest absolute Gasteiger partial charge is 0.426 e. The molecule has 1 atom stereocenters. The Morgan fingerprint density at radius 3 is 3.09 bits per heavy atom. The minimum Gasteiger partial charge on any atom is -0.426 e. The van der Waals surface area contributed by atoms with E-state index >= 15 is 0 Å². The van der Waals surface area contributed by atoms with Gasteiger partial charge in [0, 0.05) is 19.4 Å². The van der Waals surface area contributed by atoms with E-state index < -0.39 is 0 Å². The number of ether oxygens (including phenoxy) is 2. The number of benzene rings is 1. The Bertz CT molecular complexity index is 731. The van der Waals surface area contributed by atoms with Gasteiger partial charge in [-0.3, -0.25) is 9.59 Å². The van der Waals surface area contributed by atoms with Crippen LogP contribution in [0.1, 0.15) is 29.3 Å². The van der Waals surface area contributed by atoms with Crippen molar-refractivity contribution >= 4 is 28.3 Å². The molecule has 1 aromatic heterocycles. The summed E-state index contributed by atoms with van der Waals surface area (Å²) in [4.78, 5) is 23.9. The van der Waals surface area contributed by atoms with E-state index in [1.165, 1.54) is 11.3 Å². The Labute approximate surface area is 136 Å². The second-order valence-corrected chi connectivity index (χ2v) is 6.16. The Hall–Kier alpha value is -2.32. The van der Waals surface area contributed by atoms with Gasteiger partial charge in [-0.2, -0.15) is 0 Å². The lowest BCUT2D eigenvalue weighted by molar-refractivity contribution is -0.136. The molecule has 0 fully saturated rings. The van der Waals surface area contributed by atoms with Crippen molar-refractivity contribution in [3.63, 3.8) is 0 Å². The van der Waals surface area contributed by atoms with Crippen LogP contribution in [0.4, 0.5) is 5.13 Å². The maximum atomic E-state index is 12.2. The topological polar surface area (TPSA) is 90.4 Å². The highest BCUT2D eigenvalue weighted by Gasteiger charge is 2.28. The fourth-order valence-electron chi connectivity index (χ4n) is 2.45. The standard InChI is InChI=1S/C15H15N3O4S/c1-21-8-13-17-18-15(23-13)16-12(19)6-9-7-14(20)22-11-5-3-2-4-10(9)11/h2-5,9H,6-8H2,1H3,(H,16,18,19). The van der Waals surface area contributed by atoms with Gasteiger partial charge in [0.15, 0.2) is 0 Å². The molecule has 2 aromatic rings. The SMILES string of the molecule is COCc1nnc(NC(=O)CC2CC(=O)Oc3ccccc32)s1. The van der Waals surface area contributed by atoms with Gasteiger partial charge in [0.05, 0.1) is 6.42 Å². The highest BCUT2D eigenvalue weighted by molar-refractivity contribution is 7.15. The first-order chi connectivity index (χ1) is 11.2. The lowest BCUT2D eigenvalue weighted by Crippen LogP contribution is -2.24. The van der Waals surface area contributed by atoms with E-state index in [9.17, 15) is 9.59 Å². The second-order valence-electron chi connectivity index (χ2n) is 5.10. The van der Waals surface area contributed by atoms with Gasteiger partial charge in [0.1, 0.15) is 17.4 Å². The molecule has 1 unspecified atom stereocenters. The normalized spacial score (nSPS) is 16.6. The summed E-state index contributed by atoms with van der Waals surface area (Å²) in [5, 5.41) is 11.6. The van der Waals surface area contributed by atoms with Crippen LogP contribution in [-0.4, -0.2) is 29.2 Å². The first kappa shape index (κ1) is 15.6. The number of anilines is 1. The number of nitrogens with zero attached hydrogens (tertiary/aromatic N) is 2. The molecule has 1 N–H and O–H groups in total. The van der Waals surface area contributed by atoms with Crippen LogP contribution >= 0.6 is 11.3 Å². The van der Waals surface area contributed by atoms with Crippen LogP contribution in [0.25, 0.3) is 0 Å². The Kier molecular flexibility index (Phi) is 4.63. The molecule has 120 valence electrons. The molecule has 1 aromatic carbocycles. The number of hydrogen-bond donors (Lipinski definition) is 1. The van der Waals surface area contributed by atoms with Crippen LogP contribution in [0.15, 0.2) is 24.3 Å². The number of fused-ring (bicyclic) bond motifs is 1. The minimum atomic E-state index is -0.320. The zero-order valence-electron chi connectivity index (χ0n) is 12.4. The molecule has 3 rings (SSSR count). The summed E-state index contributed by atoms with van der Waals surface area (Å²) in [5.74, 6) is -0.196. The van der Waals surface area contributed by atoms with E-state index in [0.717, 1.165) is 5.56 Å². The smallest absolute Gasteiger partial charge is 0.311 e. The number of methoxy groups -OCH3 is 1. The average Bonchev–Trinajstić information content (AvgIpc) is 2.94. The monoisotopic (exact) mass is 333 g/mol. The molecular formula is C15H15N3O4S. The van der Waals surface area contributed by atoms with Gasteiger partial charge < -0.3 is 14.8 Å². The summed E-state index contributed by atoms with van der Waals surface area (Å²) in [6.45, 7) is 0.357. The van der Waals surface area contributed by atoms with Gasteiger partial charge in [-0.25, -0.2) is 0 Å². The molecule has 0 bridgehead atoms. The van der Waals surface area contributed by atoms with Crippen molar-refractivity contribution in [2.75, 3.05) is 12.4 Å². The lowest BCUT2D eigenvalue weighted by Gasteiger charge is -2.23. The molecule has 0 radical (unpaired) electrons. The summed E-state index contributed by atoms with van der Waals surface area (Å²) in [6, 6.07) is 7.28. The van der Waals surface area contributed by atoms with Crippen LogP contribution in [0.3, 0.4) is 0 Å². The molecule has 0 saturated carbocycles. The van der Waals surface area contributed by atoms with Crippen LogP contribution < -0.4 is 10.1 Å². The van der Waals surface area contributed by atoms with Crippen molar-refractivity contribution in [2.24, 2.45) is 0 Å². The van der Waals surface area contributed by atoms with Crippen molar-refractivity contribution in [2.45, 2.75) is 25.4 Å². The minimum absolute atomic E-state index is 0.186. The Balaban J connectivity index is 1.66. The number of para-hydroxylation sites is 1. The number of nitrogens with one attached hydrogen (secondary N) is 1. The molecule has 1 aliphatic heterocycles. The molecule has 8 heteroatoms.